The van der Waals surface area contributed by atoms with Gasteiger partial charge in [0.25, 0.3) is 0 Å². The van der Waals surface area contributed by atoms with Crippen LogP contribution in [0.4, 0.5) is 0 Å². The maximum Gasteiger partial charge on any atom is 0.219 e. The number of carbonyl (C=O) groups is 1. The van der Waals surface area contributed by atoms with Gasteiger partial charge in [0.1, 0.15) is 5.75 Å². The van der Waals surface area contributed by atoms with E-state index in [0.717, 1.165) is 41.6 Å². The van der Waals surface area contributed by atoms with E-state index in [2.05, 4.69) is 21.3 Å². The quantitative estimate of drug-likeness (QED) is 0.855. The Balaban J connectivity index is 1.89. The fraction of sp³-hybridized carbons (Fsp3) is 0.444. The van der Waals surface area contributed by atoms with Gasteiger partial charge in [-0.05, 0) is 13.0 Å². The second kappa shape index (κ2) is 7.32. The lowest BCUT2D eigenvalue weighted by Gasteiger charge is -2.41. The summed E-state index contributed by atoms with van der Waals surface area (Å²) in [5.41, 5.74) is 2.21. The molecule has 1 saturated heterocycles. The zero-order valence-electron chi connectivity index (χ0n) is 14.4. The lowest BCUT2D eigenvalue weighted by Crippen LogP contribution is -2.49. The molecule has 0 unspecified atom stereocenters. The Hall–Kier alpha value is -1.92. The monoisotopic (exact) mass is 345 g/mol. The number of amides is 1. The van der Waals surface area contributed by atoms with Gasteiger partial charge >= 0.3 is 0 Å². The maximum absolute atomic E-state index is 11.9. The molecule has 1 aliphatic heterocycles. The normalized spacial score (nSPS) is 18.6. The number of hydrogen-bond donors (Lipinski definition) is 0. The van der Waals surface area contributed by atoms with Crippen LogP contribution in [0.25, 0.3) is 0 Å². The van der Waals surface area contributed by atoms with Crippen LogP contribution in [0.1, 0.15) is 29.2 Å². The first-order valence-corrected chi connectivity index (χ1v) is 9.00. The first kappa shape index (κ1) is 16.9. The number of aromatic nitrogens is 1. The highest BCUT2D eigenvalue weighted by molar-refractivity contribution is 7.09. The Kier molecular flexibility index (Phi) is 5.16. The van der Waals surface area contributed by atoms with Crippen molar-refractivity contribution in [2.45, 2.75) is 26.4 Å². The topological polar surface area (TPSA) is 45.7 Å². The van der Waals surface area contributed by atoms with E-state index in [4.69, 9.17) is 4.74 Å². The number of benzene rings is 1. The number of ether oxygens (including phenoxy) is 1. The first-order valence-electron chi connectivity index (χ1n) is 8.12. The number of nitrogens with zero attached hydrogens (tertiary/aromatic N) is 3. The Morgan fingerprint density at radius 1 is 1.38 bits per heavy atom. The second-order valence-electron chi connectivity index (χ2n) is 6.05. The average molecular weight is 345 g/mol. The van der Waals surface area contributed by atoms with Gasteiger partial charge in [-0.3, -0.25) is 9.69 Å². The van der Waals surface area contributed by atoms with Gasteiger partial charge in [-0.1, -0.05) is 18.2 Å². The summed E-state index contributed by atoms with van der Waals surface area (Å²) < 4.78 is 5.55. The van der Waals surface area contributed by atoms with Gasteiger partial charge in [-0.2, -0.15) is 0 Å². The summed E-state index contributed by atoms with van der Waals surface area (Å²) in [5.74, 6) is 0.992. The molecule has 2 heterocycles. The van der Waals surface area contributed by atoms with E-state index in [1.807, 2.05) is 30.0 Å². The predicted octanol–water partition coefficient (Wildman–Crippen LogP) is 2.87. The van der Waals surface area contributed by atoms with E-state index in [1.54, 1.807) is 25.4 Å². The van der Waals surface area contributed by atoms with Crippen molar-refractivity contribution in [2.75, 3.05) is 26.7 Å². The summed E-state index contributed by atoms with van der Waals surface area (Å²) in [6.07, 6.45) is 0. The zero-order valence-corrected chi connectivity index (χ0v) is 15.2. The molecule has 0 radical (unpaired) electrons. The molecule has 2 aromatic rings. The van der Waals surface area contributed by atoms with Crippen LogP contribution in [0.5, 0.6) is 5.75 Å². The van der Waals surface area contributed by atoms with Gasteiger partial charge in [0, 0.05) is 44.0 Å². The minimum atomic E-state index is 0.112. The Morgan fingerprint density at radius 3 is 2.83 bits per heavy atom. The fourth-order valence-corrected chi connectivity index (χ4v) is 3.83. The number of aryl methyl sites for hydroxylation is 1. The highest BCUT2D eigenvalue weighted by Crippen LogP contribution is 2.33. The minimum Gasteiger partial charge on any atom is -0.496 e. The Morgan fingerprint density at radius 2 is 2.17 bits per heavy atom. The van der Waals surface area contributed by atoms with E-state index < -0.39 is 0 Å². The largest absolute Gasteiger partial charge is 0.496 e. The fourth-order valence-electron chi connectivity index (χ4n) is 3.22. The van der Waals surface area contributed by atoms with Crippen LogP contribution in [0.3, 0.4) is 0 Å². The third-order valence-corrected chi connectivity index (χ3v) is 5.29. The van der Waals surface area contributed by atoms with Crippen LogP contribution in [0.2, 0.25) is 0 Å². The summed E-state index contributed by atoms with van der Waals surface area (Å²) in [5, 5.41) is 3.20. The van der Waals surface area contributed by atoms with E-state index >= 15 is 0 Å². The average Bonchev–Trinajstić information content (AvgIpc) is 3.00. The molecule has 0 aliphatic carbocycles. The van der Waals surface area contributed by atoms with E-state index in [0.29, 0.717) is 6.54 Å². The molecule has 128 valence electrons. The van der Waals surface area contributed by atoms with E-state index in [9.17, 15) is 4.79 Å². The van der Waals surface area contributed by atoms with Crippen LogP contribution in [0.15, 0.2) is 29.6 Å². The van der Waals surface area contributed by atoms with Gasteiger partial charge in [0.05, 0.1) is 23.9 Å². The summed E-state index contributed by atoms with van der Waals surface area (Å²) in [7, 11) is 1.69. The Labute approximate surface area is 146 Å². The SMILES string of the molecule is COc1ccccc1[C@H]1CN(C(C)=O)CCN1Cc1csc(C)n1. The lowest BCUT2D eigenvalue weighted by molar-refractivity contribution is -0.132. The molecular formula is C18H23N3O2S. The van der Waals surface area contributed by atoms with Crippen molar-refractivity contribution in [3.05, 3.63) is 45.9 Å². The van der Waals surface area contributed by atoms with E-state index in [-0.39, 0.29) is 11.9 Å². The van der Waals surface area contributed by atoms with Crippen molar-refractivity contribution in [3.8, 4) is 5.75 Å². The van der Waals surface area contributed by atoms with Crippen LogP contribution in [0, 0.1) is 6.92 Å². The molecule has 24 heavy (non-hydrogen) atoms. The van der Waals surface area contributed by atoms with Gasteiger partial charge in [-0.15, -0.1) is 11.3 Å². The summed E-state index contributed by atoms with van der Waals surface area (Å²) in [4.78, 5) is 20.8. The zero-order chi connectivity index (χ0) is 17.1. The van der Waals surface area contributed by atoms with Crippen molar-refractivity contribution >= 4 is 17.2 Å². The van der Waals surface area contributed by atoms with Gasteiger partial charge < -0.3 is 9.64 Å². The minimum absolute atomic E-state index is 0.112. The molecule has 0 spiro atoms. The molecule has 1 amide bonds. The number of carbonyl (C=O) groups excluding carboxylic acids is 1. The lowest BCUT2D eigenvalue weighted by atomic mass is 10.0. The molecule has 0 saturated carbocycles. The molecular weight excluding hydrogens is 322 g/mol. The number of para-hydroxylation sites is 1. The standard InChI is InChI=1S/C18H23N3O2S/c1-13-19-15(12-24-13)10-21-9-8-20(14(2)22)11-17(21)16-6-4-5-7-18(16)23-3/h4-7,12,17H,8-11H2,1-3H3/t17-/m1/s1. The number of methoxy groups -OCH3 is 1. The molecule has 5 nitrogen and oxygen atoms in total. The molecule has 1 fully saturated rings. The number of thiazole rings is 1. The molecule has 3 rings (SSSR count). The molecule has 1 atom stereocenters. The van der Waals surface area contributed by atoms with Crippen LogP contribution in [-0.2, 0) is 11.3 Å². The van der Waals surface area contributed by atoms with E-state index in [1.165, 1.54) is 0 Å². The van der Waals surface area contributed by atoms with Crippen LogP contribution in [-0.4, -0.2) is 47.4 Å². The van der Waals surface area contributed by atoms with Crippen molar-refractivity contribution < 1.29 is 9.53 Å². The highest BCUT2D eigenvalue weighted by Gasteiger charge is 2.31. The van der Waals surface area contributed by atoms with Gasteiger partial charge in [-0.25, -0.2) is 4.98 Å². The maximum atomic E-state index is 11.9. The van der Waals surface area contributed by atoms with Crippen molar-refractivity contribution in [1.29, 1.82) is 0 Å². The molecule has 6 heteroatoms. The van der Waals surface area contributed by atoms with Crippen LogP contribution < -0.4 is 4.74 Å². The third kappa shape index (κ3) is 3.60. The number of hydrogen-bond acceptors (Lipinski definition) is 5. The van der Waals surface area contributed by atoms with Crippen molar-refractivity contribution in [2.24, 2.45) is 0 Å². The molecule has 1 aromatic heterocycles. The number of rotatable bonds is 4. The van der Waals surface area contributed by atoms with Crippen molar-refractivity contribution in [3.63, 3.8) is 0 Å². The highest BCUT2D eigenvalue weighted by atomic mass is 32.1. The predicted molar refractivity (Wildman–Crippen MR) is 95.3 cm³/mol. The summed E-state index contributed by atoms with van der Waals surface area (Å²) >= 11 is 1.68. The Bertz CT molecular complexity index is 716. The van der Waals surface area contributed by atoms with Crippen molar-refractivity contribution in [1.82, 2.24) is 14.8 Å². The summed E-state index contributed by atoms with van der Waals surface area (Å²) in [6.45, 7) is 6.72. The van der Waals surface area contributed by atoms with Gasteiger partial charge in [0.15, 0.2) is 0 Å². The first-order chi connectivity index (χ1) is 11.6. The molecule has 1 aromatic carbocycles. The molecule has 0 N–H and O–H groups in total. The van der Waals surface area contributed by atoms with Gasteiger partial charge in [0.2, 0.25) is 5.91 Å². The molecule has 1 aliphatic rings. The van der Waals surface area contributed by atoms with Crippen LogP contribution >= 0.6 is 11.3 Å². The smallest absolute Gasteiger partial charge is 0.219 e. The third-order valence-electron chi connectivity index (χ3n) is 4.47. The summed E-state index contributed by atoms with van der Waals surface area (Å²) in [6, 6.07) is 8.18. The second-order valence-corrected chi connectivity index (χ2v) is 7.11. The number of piperazine rings is 1. The molecule has 0 bridgehead atoms.